The maximum atomic E-state index is 12.8. The van der Waals surface area contributed by atoms with Crippen molar-refractivity contribution in [1.82, 2.24) is 21.3 Å². The van der Waals surface area contributed by atoms with Crippen molar-refractivity contribution in [2.24, 2.45) is 5.73 Å². The predicted molar refractivity (Wildman–Crippen MR) is 125 cm³/mol. The van der Waals surface area contributed by atoms with Gasteiger partial charge in [0.2, 0.25) is 17.7 Å². The highest BCUT2D eigenvalue weighted by Crippen LogP contribution is 2.12. The fourth-order valence-corrected chi connectivity index (χ4v) is 3.69. The Kier molecular flexibility index (Phi) is 10.8. The monoisotopic (exact) mass is 477 g/mol. The molecule has 0 bridgehead atoms. The average molecular weight is 478 g/mol. The highest BCUT2D eigenvalue weighted by Gasteiger charge is 2.29. The van der Waals surface area contributed by atoms with Gasteiger partial charge >= 0.3 is 5.97 Å². The normalized spacial score (nSPS) is 17.9. The number of aromatic hydroxyl groups is 1. The lowest BCUT2D eigenvalue weighted by molar-refractivity contribution is -0.142. The molecule has 4 atom stereocenters. The molecule has 2 rings (SSSR count). The summed E-state index contributed by atoms with van der Waals surface area (Å²) in [6.07, 6.45) is 3.27. The lowest BCUT2D eigenvalue weighted by Gasteiger charge is -2.23. The Morgan fingerprint density at radius 2 is 1.76 bits per heavy atom. The molecule has 1 saturated heterocycles. The lowest BCUT2D eigenvalue weighted by Crippen LogP contribution is -2.56. The standard InChI is InChI=1S/C23H35N5O6/c1-14(20(30)28-19(23(33)34)13-15-7-9-16(29)10-8-15)26-22(32)18(5-2-3-11-24)27-21(31)17-6-4-12-25-17/h7-10,14,17-19,25,29H,2-6,11-13,24H2,1H3,(H,26,32)(H,27,31)(H,28,30)(H,33,34). The number of benzene rings is 1. The molecule has 1 aliphatic heterocycles. The molecule has 1 fully saturated rings. The molecule has 11 nitrogen and oxygen atoms in total. The second-order valence-electron chi connectivity index (χ2n) is 8.49. The number of nitrogens with two attached hydrogens (primary N) is 1. The van der Waals surface area contributed by atoms with Crippen molar-refractivity contribution in [3.63, 3.8) is 0 Å². The lowest BCUT2D eigenvalue weighted by atomic mass is 10.0. The Balaban J connectivity index is 1.96. The van der Waals surface area contributed by atoms with E-state index in [9.17, 15) is 29.4 Å². The molecular weight excluding hydrogens is 442 g/mol. The van der Waals surface area contributed by atoms with Gasteiger partial charge < -0.3 is 37.2 Å². The van der Waals surface area contributed by atoms with Gasteiger partial charge in [-0.05, 0) is 69.8 Å². The van der Waals surface area contributed by atoms with E-state index in [1.807, 2.05) is 0 Å². The summed E-state index contributed by atoms with van der Waals surface area (Å²) in [7, 11) is 0. The molecule has 8 N–H and O–H groups in total. The van der Waals surface area contributed by atoms with E-state index >= 15 is 0 Å². The Morgan fingerprint density at radius 1 is 1.06 bits per heavy atom. The van der Waals surface area contributed by atoms with Gasteiger partial charge in [-0.3, -0.25) is 14.4 Å². The minimum atomic E-state index is -1.23. The van der Waals surface area contributed by atoms with Gasteiger partial charge in [0.15, 0.2) is 0 Å². The van der Waals surface area contributed by atoms with Crippen molar-refractivity contribution in [3.05, 3.63) is 29.8 Å². The molecule has 0 aliphatic carbocycles. The maximum Gasteiger partial charge on any atom is 0.326 e. The van der Waals surface area contributed by atoms with E-state index < -0.39 is 35.9 Å². The van der Waals surface area contributed by atoms with Crippen LogP contribution in [0, 0.1) is 0 Å². The zero-order valence-electron chi connectivity index (χ0n) is 19.4. The number of aliphatic carboxylic acids is 1. The van der Waals surface area contributed by atoms with E-state index in [1.165, 1.54) is 19.1 Å². The van der Waals surface area contributed by atoms with Gasteiger partial charge in [-0.1, -0.05) is 12.1 Å². The SMILES string of the molecule is CC(NC(=O)C(CCCCN)NC(=O)C1CCCN1)C(=O)NC(Cc1ccc(O)cc1)C(=O)O. The third kappa shape index (κ3) is 8.64. The smallest absolute Gasteiger partial charge is 0.326 e. The number of unbranched alkanes of at least 4 members (excludes halogenated alkanes) is 1. The molecule has 0 aromatic heterocycles. The van der Waals surface area contributed by atoms with E-state index in [-0.39, 0.29) is 24.1 Å². The number of carbonyl (C=O) groups is 4. The van der Waals surface area contributed by atoms with Crippen LogP contribution in [-0.4, -0.2) is 71.2 Å². The molecule has 1 heterocycles. The Labute approximate surface area is 198 Å². The summed E-state index contributed by atoms with van der Waals surface area (Å²) in [6, 6.07) is 2.58. The number of rotatable bonds is 13. The molecule has 4 unspecified atom stereocenters. The van der Waals surface area contributed by atoms with E-state index in [4.69, 9.17) is 5.73 Å². The van der Waals surface area contributed by atoms with Gasteiger partial charge in [0.25, 0.3) is 0 Å². The van der Waals surface area contributed by atoms with Crippen LogP contribution in [0.2, 0.25) is 0 Å². The first-order valence-electron chi connectivity index (χ1n) is 11.6. The van der Waals surface area contributed by atoms with Crippen LogP contribution < -0.4 is 27.0 Å². The Bertz CT molecular complexity index is 841. The van der Waals surface area contributed by atoms with Crippen LogP contribution in [0.1, 0.15) is 44.6 Å². The van der Waals surface area contributed by atoms with Crippen LogP contribution in [0.5, 0.6) is 5.75 Å². The van der Waals surface area contributed by atoms with Crippen molar-refractivity contribution < 1.29 is 29.4 Å². The molecule has 0 spiro atoms. The number of carboxylic acid groups (broad SMARTS) is 1. The quantitative estimate of drug-likeness (QED) is 0.183. The number of phenols is 1. The molecule has 1 aromatic rings. The Hall–Kier alpha value is -3.18. The van der Waals surface area contributed by atoms with E-state index in [0.717, 1.165) is 13.0 Å². The molecule has 0 saturated carbocycles. The van der Waals surface area contributed by atoms with Crippen molar-refractivity contribution in [1.29, 1.82) is 0 Å². The first-order chi connectivity index (χ1) is 16.2. The van der Waals surface area contributed by atoms with Crippen LogP contribution in [0.4, 0.5) is 0 Å². The molecule has 34 heavy (non-hydrogen) atoms. The first kappa shape index (κ1) is 27.1. The molecule has 11 heteroatoms. The molecule has 1 aromatic carbocycles. The van der Waals surface area contributed by atoms with Gasteiger partial charge in [-0.2, -0.15) is 0 Å². The van der Waals surface area contributed by atoms with E-state index in [0.29, 0.717) is 37.8 Å². The third-order valence-corrected chi connectivity index (χ3v) is 5.70. The van der Waals surface area contributed by atoms with Gasteiger partial charge in [-0.25, -0.2) is 4.79 Å². The van der Waals surface area contributed by atoms with Gasteiger partial charge in [0.1, 0.15) is 23.9 Å². The highest BCUT2D eigenvalue weighted by molar-refractivity contribution is 5.94. The van der Waals surface area contributed by atoms with Gasteiger partial charge in [-0.15, -0.1) is 0 Å². The number of phenolic OH excluding ortho intramolecular Hbond substituents is 1. The first-order valence-corrected chi connectivity index (χ1v) is 11.6. The minimum absolute atomic E-state index is 0.00811. The molecule has 0 radical (unpaired) electrons. The molecule has 1 aliphatic rings. The predicted octanol–water partition coefficient (Wildman–Crippen LogP) is -0.625. The van der Waals surface area contributed by atoms with Crippen molar-refractivity contribution in [3.8, 4) is 5.75 Å². The third-order valence-electron chi connectivity index (χ3n) is 5.70. The van der Waals surface area contributed by atoms with E-state index in [1.54, 1.807) is 12.1 Å². The highest BCUT2D eigenvalue weighted by atomic mass is 16.4. The topological polar surface area (TPSA) is 183 Å². The molecule has 188 valence electrons. The summed E-state index contributed by atoms with van der Waals surface area (Å²) < 4.78 is 0. The summed E-state index contributed by atoms with van der Waals surface area (Å²) in [5, 5.41) is 29.7. The number of carbonyl (C=O) groups excluding carboxylic acids is 3. The number of amides is 3. The second kappa shape index (κ2) is 13.5. The number of nitrogens with one attached hydrogen (secondary N) is 4. The van der Waals surface area contributed by atoms with Crippen LogP contribution in [0.15, 0.2) is 24.3 Å². The van der Waals surface area contributed by atoms with Crippen LogP contribution in [0.25, 0.3) is 0 Å². The van der Waals surface area contributed by atoms with Crippen molar-refractivity contribution in [2.75, 3.05) is 13.1 Å². The largest absolute Gasteiger partial charge is 0.508 e. The van der Waals surface area contributed by atoms with Crippen LogP contribution >= 0.6 is 0 Å². The van der Waals surface area contributed by atoms with Gasteiger partial charge in [0.05, 0.1) is 6.04 Å². The molecular formula is C23H35N5O6. The number of hydrogen-bond acceptors (Lipinski definition) is 7. The number of hydrogen-bond donors (Lipinski definition) is 7. The fraction of sp³-hybridized carbons (Fsp3) is 0.565. The van der Waals surface area contributed by atoms with Crippen LogP contribution in [0.3, 0.4) is 0 Å². The summed E-state index contributed by atoms with van der Waals surface area (Å²) in [6.45, 7) is 2.65. The summed E-state index contributed by atoms with van der Waals surface area (Å²) in [5.41, 5.74) is 6.15. The fourth-order valence-electron chi connectivity index (χ4n) is 3.69. The number of carboxylic acids is 1. The van der Waals surface area contributed by atoms with E-state index in [2.05, 4.69) is 21.3 Å². The molecule has 3 amide bonds. The minimum Gasteiger partial charge on any atom is -0.508 e. The van der Waals surface area contributed by atoms with Gasteiger partial charge in [0, 0.05) is 6.42 Å². The van der Waals surface area contributed by atoms with Crippen molar-refractivity contribution in [2.45, 2.75) is 69.6 Å². The van der Waals surface area contributed by atoms with Crippen molar-refractivity contribution >= 4 is 23.7 Å². The Morgan fingerprint density at radius 3 is 2.35 bits per heavy atom. The average Bonchev–Trinajstić information content (AvgIpc) is 3.34. The summed E-state index contributed by atoms with van der Waals surface area (Å²) in [5.74, 6) is -2.62. The maximum absolute atomic E-state index is 12.8. The summed E-state index contributed by atoms with van der Waals surface area (Å²) >= 11 is 0. The van der Waals surface area contributed by atoms with Crippen LogP contribution in [-0.2, 0) is 25.6 Å². The summed E-state index contributed by atoms with van der Waals surface area (Å²) in [4.78, 5) is 49.6. The zero-order valence-corrected chi connectivity index (χ0v) is 19.4. The zero-order chi connectivity index (χ0) is 25.1. The second-order valence-corrected chi connectivity index (χ2v) is 8.49.